The van der Waals surface area contributed by atoms with Crippen molar-refractivity contribution in [3.63, 3.8) is 0 Å². The molecule has 0 radical (unpaired) electrons. The highest BCUT2D eigenvalue weighted by molar-refractivity contribution is 6.24. The fraction of sp³-hybridized carbons (Fsp3) is 0.524. The summed E-state index contributed by atoms with van der Waals surface area (Å²) in [6.45, 7) is 15.4. The van der Waals surface area contributed by atoms with Gasteiger partial charge in [-0.2, -0.15) is 5.10 Å². The lowest BCUT2D eigenvalue weighted by molar-refractivity contribution is -0.160. The van der Waals surface area contributed by atoms with Gasteiger partial charge in [-0.05, 0) is 64.0 Å². The minimum Gasteiger partial charge on any atom is -0.507 e. The fourth-order valence-corrected chi connectivity index (χ4v) is 13.5. The van der Waals surface area contributed by atoms with Gasteiger partial charge in [0.1, 0.15) is 34.6 Å². The van der Waals surface area contributed by atoms with Crippen molar-refractivity contribution in [2.24, 2.45) is 34.7 Å². The van der Waals surface area contributed by atoms with E-state index < -0.39 is 112 Å². The van der Waals surface area contributed by atoms with Crippen LogP contribution in [0, 0.1) is 42.3 Å². The van der Waals surface area contributed by atoms with E-state index in [1.807, 2.05) is 4.90 Å². The Labute approximate surface area is 496 Å². The Hall–Kier alpha value is -7.73. The number of carbonyl (C=O) groups is 4. The van der Waals surface area contributed by atoms with E-state index in [1.165, 1.54) is 72.7 Å². The molecule has 1 aromatic heterocycles. The number of esters is 1. The second-order valence-electron chi connectivity index (χ2n) is 24.3. The molecule has 4 aromatic rings. The number of aromatic hydroxyl groups is 3. The molecule has 4 fully saturated rings. The Bertz CT molecular complexity index is 3600. The number of allylic oxidation sites excluding steroid dienone is 2. The van der Waals surface area contributed by atoms with Gasteiger partial charge in [0, 0.05) is 118 Å². The van der Waals surface area contributed by atoms with E-state index in [0.29, 0.717) is 44.8 Å². The molecule has 6 heterocycles. The van der Waals surface area contributed by atoms with E-state index in [0.717, 1.165) is 38.2 Å². The number of pyridine rings is 1. The zero-order valence-electron chi connectivity index (χ0n) is 50.1. The van der Waals surface area contributed by atoms with Gasteiger partial charge in [0.2, 0.25) is 5.43 Å². The van der Waals surface area contributed by atoms with E-state index >= 15 is 4.39 Å². The number of carboxylic acid groups (broad SMARTS) is 1. The van der Waals surface area contributed by atoms with E-state index in [9.17, 15) is 54.6 Å². The average Bonchev–Trinajstić information content (AvgIpc) is 1.42. The first-order valence-electron chi connectivity index (χ1n) is 29.3. The summed E-state index contributed by atoms with van der Waals surface area (Å²) in [7, 11) is 2.85. The molecule has 0 spiro atoms. The molecule has 2 saturated heterocycles. The molecule has 1 amide bonds. The number of phenolic OH excluding ortho intramolecular Hbond substituents is 3. The molecule has 5 aliphatic heterocycles. The molecule has 11 rings (SSSR count). The number of nitrogens with zero attached hydrogens (tertiary/aromatic N) is 5. The molecule has 7 aliphatic rings. The van der Waals surface area contributed by atoms with Crippen molar-refractivity contribution in [3.05, 3.63) is 86.7 Å². The number of amides is 1. The lowest BCUT2D eigenvalue weighted by atomic mass is 9.78. The number of methoxy groups -OCH3 is 2. The summed E-state index contributed by atoms with van der Waals surface area (Å²) >= 11 is 0. The fourth-order valence-electron chi connectivity index (χ4n) is 13.5. The molecule has 22 nitrogen and oxygen atoms in total. The van der Waals surface area contributed by atoms with Gasteiger partial charge in [-0.15, -0.1) is 0 Å². The summed E-state index contributed by atoms with van der Waals surface area (Å²) in [4.78, 5) is 71.4. The second kappa shape index (κ2) is 23.5. The Morgan fingerprint density at radius 3 is 2.22 bits per heavy atom. The summed E-state index contributed by atoms with van der Waals surface area (Å²) in [6, 6.07) is 1.10. The summed E-state index contributed by atoms with van der Waals surface area (Å²) in [5.74, 6) is -10.7. The summed E-state index contributed by atoms with van der Waals surface area (Å²) in [5, 5.41) is 78.3. The number of carbonyl (C=O) groups excluding carboxylic acids is 3. The number of halogens is 1. The molecule has 23 heteroatoms. The van der Waals surface area contributed by atoms with Crippen molar-refractivity contribution >= 4 is 62.9 Å². The summed E-state index contributed by atoms with van der Waals surface area (Å²) < 4.78 is 48.0. The van der Waals surface area contributed by atoms with Crippen LogP contribution >= 0.6 is 0 Å². The van der Waals surface area contributed by atoms with Gasteiger partial charge in [0.15, 0.2) is 17.3 Å². The number of anilines is 2. The van der Waals surface area contributed by atoms with Crippen LogP contribution < -0.4 is 25.1 Å². The Kier molecular flexibility index (Phi) is 16.8. The first-order valence-corrected chi connectivity index (χ1v) is 29.3. The largest absolute Gasteiger partial charge is 0.507 e. The van der Waals surface area contributed by atoms with Crippen molar-refractivity contribution < 1.29 is 77.9 Å². The number of nitrogens with one attached hydrogen (secondary N) is 1. The van der Waals surface area contributed by atoms with Crippen LogP contribution in [0.15, 0.2) is 58.3 Å². The number of aromatic carboxylic acids is 1. The first kappa shape index (κ1) is 61.4. The zero-order valence-corrected chi connectivity index (χ0v) is 50.1. The third kappa shape index (κ3) is 10.8. The number of carboxylic acids is 1. The maximum absolute atomic E-state index is 16.4. The number of aromatic nitrogens is 1. The lowest BCUT2D eigenvalue weighted by Gasteiger charge is -2.41. The molecule has 3 aromatic carbocycles. The number of ether oxygens (including phenoxy) is 5. The van der Waals surface area contributed by atoms with Gasteiger partial charge >= 0.3 is 17.7 Å². The quantitative estimate of drug-likeness (QED) is 0.0356. The monoisotopic (exact) mass is 1190 g/mol. The van der Waals surface area contributed by atoms with Crippen LogP contribution in [0.4, 0.5) is 15.8 Å². The van der Waals surface area contributed by atoms with Crippen molar-refractivity contribution in [2.45, 2.75) is 129 Å². The number of Topliss-reactive ketones (excluding diaryl/α,β-unsaturated/α-hetero) is 1. The molecule has 462 valence electrons. The molecular formula is C63H77FN6O16. The number of ketones is 1. The highest BCUT2D eigenvalue weighted by atomic mass is 19.1. The topological polar surface area (TPSA) is 292 Å². The van der Waals surface area contributed by atoms with Gasteiger partial charge in [0.25, 0.3) is 11.7 Å². The van der Waals surface area contributed by atoms with Crippen LogP contribution in [0.3, 0.4) is 0 Å². The second-order valence-corrected chi connectivity index (χ2v) is 24.3. The Morgan fingerprint density at radius 2 is 1.59 bits per heavy atom. The highest BCUT2D eigenvalue weighted by Gasteiger charge is 2.56. The summed E-state index contributed by atoms with van der Waals surface area (Å²) in [5.41, 5.74) is -1.40. The number of aliphatic hydroxyl groups is 2. The molecule has 2 aliphatic carbocycles. The van der Waals surface area contributed by atoms with E-state index in [1.54, 1.807) is 49.4 Å². The van der Waals surface area contributed by atoms with Crippen molar-refractivity contribution in [1.82, 2.24) is 14.5 Å². The van der Waals surface area contributed by atoms with E-state index in [4.69, 9.17) is 28.8 Å². The molecule has 7 N–H and O–H groups in total. The van der Waals surface area contributed by atoms with Crippen LogP contribution in [-0.4, -0.2) is 164 Å². The van der Waals surface area contributed by atoms with Gasteiger partial charge < -0.3 is 69.1 Å². The standard InChI is InChI=1S/C63H77FN6O16/c1-30-12-11-13-31(2)60(79)66-47-40(27-65-69-23-21-68(22-24-69)63(18-19-63)37-16-20-67(28-37)49-42(64)26-39-48(58(49)83-10)70(38-14-15-38)29-41(53(39)75)61(80)81)54(76)44-45(55(47)77)52(74)35(6)57-46(44)59(78)62(8,86-57)84-25-17-43(82-9)32(3)56(85-36(7)71)34(5)51(73)33(4)50(30)72/h11-13,17,25-27,29-30,32-34,37-38,43,50-51,56,72-74,76-77H,14-16,18-24,28H2,1-10H3,(H,66,79)(H,80,81)/b12-11+,25-17+,31-13-,65-27+/t30-,32-,33-,34-,37?,43+,50+,51-,56-,62+/m1/s1. The number of benzene rings is 3. The smallest absolute Gasteiger partial charge is 0.341 e. The number of hydrazone groups is 1. The number of piperazine rings is 1. The highest BCUT2D eigenvalue weighted by Crippen LogP contribution is 2.56. The number of fused-ring (bicyclic) bond motifs is 15. The molecular weight excluding hydrogens is 1120 g/mol. The average molecular weight is 1190 g/mol. The van der Waals surface area contributed by atoms with Crippen LogP contribution in [-0.2, 0) is 23.8 Å². The lowest BCUT2D eigenvalue weighted by Crippen LogP contribution is -2.53. The minimum absolute atomic E-state index is 0.0123. The van der Waals surface area contributed by atoms with Crippen LogP contribution in [0.25, 0.3) is 21.7 Å². The van der Waals surface area contributed by atoms with Crippen molar-refractivity contribution in [3.8, 4) is 28.7 Å². The van der Waals surface area contributed by atoms with Gasteiger partial charge in [-0.3, -0.25) is 29.1 Å². The number of hydrogen-bond acceptors (Lipinski definition) is 19. The normalized spacial score (nSPS) is 29.6. The van der Waals surface area contributed by atoms with Crippen LogP contribution in [0.1, 0.15) is 118 Å². The Balaban J connectivity index is 0.951. The zero-order chi connectivity index (χ0) is 62.2. The van der Waals surface area contributed by atoms with Crippen LogP contribution in [0.5, 0.6) is 28.7 Å². The molecule has 10 atom stereocenters. The molecule has 5 bridgehead atoms. The van der Waals surface area contributed by atoms with E-state index in [-0.39, 0.29) is 78.8 Å². The molecule has 2 saturated carbocycles. The predicted octanol–water partition coefficient (Wildman–Crippen LogP) is 7.26. The van der Waals surface area contributed by atoms with Gasteiger partial charge in [-0.1, -0.05) is 45.9 Å². The predicted molar refractivity (Wildman–Crippen MR) is 317 cm³/mol. The van der Waals surface area contributed by atoms with E-state index in [2.05, 4.69) is 10.2 Å². The molecule has 1 unspecified atom stereocenters. The SMILES string of the molecule is COc1c(N2CCC(C3(N4CCN(/N=C/c5c6c(O)c7c(O)c(C)c8c(c7c5O)C(=O)[C@@](C)(O/C=C/[C@H](OC)[C@@H](C)[C@@H](OC(C)=O)[C@H](C)[C@H](O)[C@H](C)[C@@H](O)[C@H](C)/C=C/C=C(/C)C(=O)N6)O8)CC4)CC3)C2)c(F)cc2c(=O)c(C(=O)O)cn(C3CC3)c12. The maximum atomic E-state index is 16.4. The van der Waals surface area contributed by atoms with Crippen LogP contribution in [0.2, 0.25) is 0 Å². The third-order valence-electron chi connectivity index (χ3n) is 18.9. The summed E-state index contributed by atoms with van der Waals surface area (Å²) in [6.07, 6.45) is 10.1. The first-order chi connectivity index (χ1) is 40.8. The van der Waals surface area contributed by atoms with Crippen molar-refractivity contribution in [2.75, 3.05) is 63.7 Å². The maximum Gasteiger partial charge on any atom is 0.341 e. The number of rotatable bonds is 10. The Morgan fingerprint density at radius 1 is 0.895 bits per heavy atom. The molecule has 86 heavy (non-hydrogen) atoms. The van der Waals surface area contributed by atoms with Gasteiger partial charge in [-0.25, -0.2) is 9.18 Å². The minimum atomic E-state index is -2.12. The van der Waals surface area contributed by atoms with Gasteiger partial charge in [0.05, 0.1) is 71.0 Å². The number of phenols is 3. The third-order valence-corrected chi connectivity index (χ3v) is 18.9. The van der Waals surface area contributed by atoms with Crippen molar-refractivity contribution in [1.29, 1.82) is 0 Å². The number of aliphatic hydroxyl groups excluding tert-OH is 2. The number of hydrogen-bond donors (Lipinski definition) is 7.